The number of hydrogen-bond donors (Lipinski definition) is 0. The van der Waals surface area contributed by atoms with E-state index < -0.39 is 10.8 Å². The minimum absolute atomic E-state index is 0.0316. The number of carbonyl (C=O) groups excluding carboxylic acids is 1. The number of rotatable bonds is 4. The molecule has 1 rings (SSSR count). The van der Waals surface area contributed by atoms with Crippen molar-refractivity contribution in [3.63, 3.8) is 0 Å². The Labute approximate surface area is 91.9 Å². The second kappa shape index (κ2) is 5.02. The number of Topliss-reactive ketones (excluding diaryl/α,β-unsaturated/α-hetero) is 1. The van der Waals surface area contributed by atoms with Gasteiger partial charge in [0, 0.05) is 16.6 Å². The van der Waals surface area contributed by atoms with Gasteiger partial charge in [-0.3, -0.25) is 9.00 Å². The molecule has 0 aliphatic rings. The molecule has 0 spiro atoms. The fourth-order valence-corrected chi connectivity index (χ4v) is 2.85. The third-order valence-electron chi connectivity index (χ3n) is 1.46. The van der Waals surface area contributed by atoms with Crippen LogP contribution in [0, 0.1) is 0 Å². The fourth-order valence-electron chi connectivity index (χ4n) is 0.784. The highest BCUT2D eigenvalue weighted by Gasteiger charge is 2.11. The molecule has 0 N–H and O–H groups in total. The SMILES string of the molecule is CCS(=O)CC(=O)c1ccc(Br)s1. The van der Waals surface area contributed by atoms with Crippen LogP contribution in [0.2, 0.25) is 0 Å². The highest BCUT2D eigenvalue weighted by atomic mass is 79.9. The molecule has 0 radical (unpaired) electrons. The van der Waals surface area contributed by atoms with Crippen molar-refractivity contribution >= 4 is 43.8 Å². The lowest BCUT2D eigenvalue weighted by Crippen LogP contribution is -2.10. The van der Waals surface area contributed by atoms with Gasteiger partial charge in [0.15, 0.2) is 5.78 Å². The lowest BCUT2D eigenvalue weighted by atomic mass is 10.4. The van der Waals surface area contributed by atoms with E-state index in [-0.39, 0.29) is 11.5 Å². The first-order chi connectivity index (χ1) is 6.13. The van der Waals surface area contributed by atoms with E-state index in [1.54, 1.807) is 6.07 Å². The normalized spacial score (nSPS) is 12.8. The van der Waals surface area contributed by atoms with E-state index in [0.29, 0.717) is 10.6 Å². The van der Waals surface area contributed by atoms with Gasteiger partial charge in [-0.1, -0.05) is 6.92 Å². The molecule has 72 valence electrons. The molecule has 0 saturated heterocycles. The van der Waals surface area contributed by atoms with Crippen molar-refractivity contribution < 1.29 is 9.00 Å². The van der Waals surface area contributed by atoms with E-state index >= 15 is 0 Å². The highest BCUT2D eigenvalue weighted by Crippen LogP contribution is 2.22. The van der Waals surface area contributed by atoms with Gasteiger partial charge in [0.2, 0.25) is 0 Å². The Bertz CT molecular complexity index is 333. The second-order valence-corrected chi connectivity index (χ2v) is 6.61. The lowest BCUT2D eigenvalue weighted by Gasteiger charge is -1.95. The Hall–Kier alpha value is -0.0000000000000000833. The Kier molecular flexibility index (Phi) is 4.28. The van der Waals surface area contributed by atoms with Gasteiger partial charge in [-0.15, -0.1) is 11.3 Å². The fraction of sp³-hybridized carbons (Fsp3) is 0.375. The van der Waals surface area contributed by atoms with Crippen LogP contribution in [0.25, 0.3) is 0 Å². The minimum Gasteiger partial charge on any atom is -0.292 e. The summed E-state index contributed by atoms with van der Waals surface area (Å²) in [6, 6.07) is 3.58. The number of carbonyl (C=O) groups is 1. The van der Waals surface area contributed by atoms with Crippen molar-refractivity contribution in [3.05, 3.63) is 20.8 Å². The molecule has 0 bridgehead atoms. The molecule has 5 heteroatoms. The third kappa shape index (κ3) is 3.32. The van der Waals surface area contributed by atoms with Crippen LogP contribution in [0.4, 0.5) is 0 Å². The van der Waals surface area contributed by atoms with Gasteiger partial charge in [0.1, 0.15) is 0 Å². The van der Waals surface area contributed by atoms with Crippen molar-refractivity contribution in [3.8, 4) is 0 Å². The van der Waals surface area contributed by atoms with Gasteiger partial charge in [-0.2, -0.15) is 0 Å². The van der Waals surface area contributed by atoms with Crippen LogP contribution in [-0.4, -0.2) is 21.5 Å². The summed E-state index contributed by atoms with van der Waals surface area (Å²) in [5.74, 6) is 0.651. The summed E-state index contributed by atoms with van der Waals surface area (Å²) in [6.45, 7) is 1.81. The van der Waals surface area contributed by atoms with Crippen molar-refractivity contribution in [2.24, 2.45) is 0 Å². The molecule has 0 aromatic carbocycles. The molecule has 0 saturated carbocycles. The molecule has 0 aliphatic carbocycles. The first-order valence-electron chi connectivity index (χ1n) is 3.77. The Balaban J connectivity index is 2.64. The van der Waals surface area contributed by atoms with Crippen LogP contribution in [-0.2, 0) is 10.8 Å². The van der Waals surface area contributed by atoms with Crippen molar-refractivity contribution in [1.29, 1.82) is 0 Å². The predicted molar refractivity (Wildman–Crippen MR) is 59.9 cm³/mol. The quantitative estimate of drug-likeness (QED) is 0.794. The second-order valence-electron chi connectivity index (χ2n) is 2.40. The molecule has 0 amide bonds. The lowest BCUT2D eigenvalue weighted by molar-refractivity contribution is 0.102. The van der Waals surface area contributed by atoms with Crippen LogP contribution >= 0.6 is 27.3 Å². The van der Waals surface area contributed by atoms with Crippen molar-refractivity contribution in [2.75, 3.05) is 11.5 Å². The predicted octanol–water partition coefficient (Wildman–Crippen LogP) is 2.46. The first-order valence-corrected chi connectivity index (χ1v) is 6.86. The van der Waals surface area contributed by atoms with Gasteiger partial charge < -0.3 is 0 Å². The van der Waals surface area contributed by atoms with E-state index in [1.165, 1.54) is 11.3 Å². The average molecular weight is 281 g/mol. The monoisotopic (exact) mass is 280 g/mol. The summed E-state index contributed by atoms with van der Waals surface area (Å²) in [5.41, 5.74) is 0. The number of thiophene rings is 1. The third-order valence-corrected chi connectivity index (χ3v) is 4.35. The van der Waals surface area contributed by atoms with E-state index in [9.17, 15) is 9.00 Å². The van der Waals surface area contributed by atoms with Gasteiger partial charge in [0.25, 0.3) is 0 Å². The van der Waals surface area contributed by atoms with E-state index in [2.05, 4.69) is 15.9 Å². The molecule has 1 aromatic heterocycles. The molecular weight excluding hydrogens is 272 g/mol. The van der Waals surface area contributed by atoms with Crippen LogP contribution < -0.4 is 0 Å². The van der Waals surface area contributed by atoms with Crippen LogP contribution in [0.1, 0.15) is 16.6 Å². The van der Waals surface area contributed by atoms with Crippen LogP contribution in [0.5, 0.6) is 0 Å². The van der Waals surface area contributed by atoms with E-state index in [0.717, 1.165) is 3.79 Å². The topological polar surface area (TPSA) is 34.1 Å². The largest absolute Gasteiger partial charge is 0.292 e. The molecule has 1 aromatic rings. The summed E-state index contributed by atoms with van der Waals surface area (Å²) in [5, 5.41) is 0. The summed E-state index contributed by atoms with van der Waals surface area (Å²) < 4.78 is 12.0. The number of hydrogen-bond acceptors (Lipinski definition) is 3. The van der Waals surface area contributed by atoms with Crippen LogP contribution in [0.15, 0.2) is 15.9 Å². The molecule has 1 unspecified atom stereocenters. The maximum absolute atomic E-state index is 11.4. The zero-order chi connectivity index (χ0) is 9.84. The molecular formula is C8H9BrO2S2. The maximum atomic E-state index is 11.4. The minimum atomic E-state index is -1.01. The van der Waals surface area contributed by atoms with Gasteiger partial charge in [-0.05, 0) is 28.1 Å². The Morgan fingerprint density at radius 2 is 2.31 bits per heavy atom. The summed E-state index contributed by atoms with van der Waals surface area (Å²) in [7, 11) is -1.01. The van der Waals surface area contributed by atoms with Crippen molar-refractivity contribution in [1.82, 2.24) is 0 Å². The zero-order valence-electron chi connectivity index (χ0n) is 7.08. The molecule has 1 atom stereocenters. The first kappa shape index (κ1) is 11.1. The number of halogens is 1. The highest BCUT2D eigenvalue weighted by molar-refractivity contribution is 9.11. The smallest absolute Gasteiger partial charge is 0.185 e. The Morgan fingerprint density at radius 1 is 1.62 bits per heavy atom. The van der Waals surface area contributed by atoms with Crippen LogP contribution in [0.3, 0.4) is 0 Å². The summed E-state index contributed by atoms with van der Waals surface area (Å²) in [6.07, 6.45) is 0. The molecule has 0 aliphatic heterocycles. The summed E-state index contributed by atoms with van der Waals surface area (Å²) >= 11 is 4.66. The summed E-state index contributed by atoms with van der Waals surface area (Å²) in [4.78, 5) is 12.1. The molecule has 13 heavy (non-hydrogen) atoms. The van der Waals surface area contributed by atoms with Crippen molar-refractivity contribution in [2.45, 2.75) is 6.92 Å². The molecule has 1 heterocycles. The van der Waals surface area contributed by atoms with Gasteiger partial charge >= 0.3 is 0 Å². The average Bonchev–Trinajstić information content (AvgIpc) is 2.51. The molecule has 2 nitrogen and oxygen atoms in total. The maximum Gasteiger partial charge on any atom is 0.185 e. The number of ketones is 1. The standard InChI is InChI=1S/C8H9BrO2S2/c1-2-13(11)5-6(10)7-3-4-8(9)12-7/h3-4H,2,5H2,1H3. The van der Waals surface area contributed by atoms with Gasteiger partial charge in [0.05, 0.1) is 14.4 Å². The zero-order valence-corrected chi connectivity index (χ0v) is 10.3. The van der Waals surface area contributed by atoms with E-state index in [1.807, 2.05) is 13.0 Å². The molecule has 0 fully saturated rings. The van der Waals surface area contributed by atoms with E-state index in [4.69, 9.17) is 0 Å². The van der Waals surface area contributed by atoms with Gasteiger partial charge in [-0.25, -0.2) is 0 Å². The Morgan fingerprint density at radius 3 is 2.77 bits per heavy atom.